The first-order valence-electron chi connectivity index (χ1n) is 7.63. The van der Waals surface area contributed by atoms with Crippen molar-refractivity contribution < 1.29 is 9.53 Å². The maximum absolute atomic E-state index is 11.9. The Morgan fingerprint density at radius 1 is 1.08 bits per heavy atom. The lowest BCUT2D eigenvalue weighted by Gasteiger charge is -2.11. The maximum atomic E-state index is 11.9. The second-order valence-electron chi connectivity index (χ2n) is 5.39. The number of anilines is 2. The van der Waals surface area contributed by atoms with Crippen LogP contribution in [0, 0.1) is 6.92 Å². The highest BCUT2D eigenvalue weighted by Gasteiger charge is 2.12. The first-order chi connectivity index (χ1) is 12.1. The van der Waals surface area contributed by atoms with Gasteiger partial charge in [0, 0.05) is 22.3 Å². The number of ether oxygens (including phenoxy) is 1. The molecule has 1 aromatic heterocycles. The van der Waals surface area contributed by atoms with Gasteiger partial charge < -0.3 is 10.1 Å². The van der Waals surface area contributed by atoms with E-state index >= 15 is 0 Å². The lowest BCUT2D eigenvalue weighted by molar-refractivity contribution is 0.0602. The molecule has 0 radical (unpaired) electrons. The summed E-state index contributed by atoms with van der Waals surface area (Å²) in [5.74, 6) is 0.760. The summed E-state index contributed by atoms with van der Waals surface area (Å²) in [6, 6.07) is 16.2. The van der Waals surface area contributed by atoms with Crippen LogP contribution < -0.4 is 5.32 Å². The molecular formula is C19H16ClN3O2. The van der Waals surface area contributed by atoms with Crippen molar-refractivity contribution in [2.75, 3.05) is 12.4 Å². The molecule has 0 bridgehead atoms. The molecule has 0 spiro atoms. The molecule has 1 heterocycles. The van der Waals surface area contributed by atoms with E-state index in [1.165, 1.54) is 7.11 Å². The van der Waals surface area contributed by atoms with Crippen LogP contribution in [0.1, 0.15) is 16.1 Å². The third-order valence-corrected chi connectivity index (χ3v) is 3.80. The number of halogens is 1. The molecule has 0 amide bonds. The molecule has 25 heavy (non-hydrogen) atoms. The highest BCUT2D eigenvalue weighted by molar-refractivity contribution is 6.30. The minimum atomic E-state index is -0.410. The number of hydrogen-bond acceptors (Lipinski definition) is 5. The molecular weight excluding hydrogens is 338 g/mol. The third-order valence-electron chi connectivity index (χ3n) is 3.55. The summed E-state index contributed by atoms with van der Waals surface area (Å²) in [7, 11) is 1.35. The Morgan fingerprint density at radius 2 is 1.80 bits per heavy atom. The number of nitrogens with zero attached hydrogens (tertiary/aromatic N) is 2. The predicted octanol–water partition coefficient (Wildman–Crippen LogP) is 4.64. The van der Waals surface area contributed by atoms with Gasteiger partial charge in [-0.3, -0.25) is 0 Å². The van der Waals surface area contributed by atoms with Gasteiger partial charge in [0.05, 0.1) is 18.4 Å². The highest BCUT2D eigenvalue weighted by Crippen LogP contribution is 2.24. The van der Waals surface area contributed by atoms with E-state index in [1.807, 2.05) is 31.2 Å². The van der Waals surface area contributed by atoms with Crippen molar-refractivity contribution >= 4 is 29.1 Å². The van der Waals surface area contributed by atoms with Crippen LogP contribution in [0.25, 0.3) is 11.4 Å². The van der Waals surface area contributed by atoms with Gasteiger partial charge in [-0.25, -0.2) is 14.8 Å². The fourth-order valence-electron chi connectivity index (χ4n) is 2.38. The first kappa shape index (κ1) is 16.9. The molecule has 5 nitrogen and oxygen atoms in total. The number of aryl methyl sites for hydroxylation is 1. The zero-order chi connectivity index (χ0) is 17.8. The Hall–Kier alpha value is -2.92. The average molecular weight is 354 g/mol. The smallest absolute Gasteiger partial charge is 0.339 e. The molecule has 0 saturated carbocycles. The summed E-state index contributed by atoms with van der Waals surface area (Å²) in [6.07, 6.45) is 0. The number of methoxy groups -OCH3 is 1. The van der Waals surface area contributed by atoms with Gasteiger partial charge in [-0.2, -0.15) is 0 Å². The summed E-state index contributed by atoms with van der Waals surface area (Å²) < 4.78 is 4.82. The Labute approximate surface area is 150 Å². The normalized spacial score (nSPS) is 10.4. The van der Waals surface area contributed by atoms with Gasteiger partial charge in [-0.05, 0) is 43.3 Å². The highest BCUT2D eigenvalue weighted by atomic mass is 35.5. The van der Waals surface area contributed by atoms with Crippen molar-refractivity contribution in [1.29, 1.82) is 0 Å². The van der Waals surface area contributed by atoms with Gasteiger partial charge in [0.25, 0.3) is 0 Å². The summed E-state index contributed by atoms with van der Waals surface area (Å²) in [5, 5.41) is 3.83. The number of carbonyl (C=O) groups excluding carboxylic acids is 1. The van der Waals surface area contributed by atoms with Crippen LogP contribution in [0.5, 0.6) is 0 Å². The number of rotatable bonds is 4. The summed E-state index contributed by atoms with van der Waals surface area (Å²) in [5.41, 5.74) is 2.72. The van der Waals surface area contributed by atoms with Crippen molar-refractivity contribution in [3.8, 4) is 11.4 Å². The third kappa shape index (κ3) is 3.95. The van der Waals surface area contributed by atoms with Crippen molar-refractivity contribution in [2.45, 2.75) is 6.92 Å². The lowest BCUT2D eigenvalue weighted by Crippen LogP contribution is -2.06. The van der Waals surface area contributed by atoms with Gasteiger partial charge in [-0.1, -0.05) is 23.7 Å². The number of esters is 1. The Morgan fingerprint density at radius 3 is 2.52 bits per heavy atom. The number of para-hydroxylation sites is 1. The van der Waals surface area contributed by atoms with Crippen LogP contribution in [0.4, 0.5) is 11.5 Å². The van der Waals surface area contributed by atoms with E-state index in [2.05, 4.69) is 15.3 Å². The van der Waals surface area contributed by atoms with E-state index in [1.54, 1.807) is 30.3 Å². The molecule has 3 aromatic rings. The van der Waals surface area contributed by atoms with E-state index < -0.39 is 5.97 Å². The van der Waals surface area contributed by atoms with Crippen molar-refractivity contribution in [3.63, 3.8) is 0 Å². The van der Waals surface area contributed by atoms with Gasteiger partial charge >= 0.3 is 5.97 Å². The summed E-state index contributed by atoms with van der Waals surface area (Å²) >= 11 is 5.93. The minimum Gasteiger partial charge on any atom is -0.465 e. The van der Waals surface area contributed by atoms with Gasteiger partial charge in [0.1, 0.15) is 5.82 Å². The van der Waals surface area contributed by atoms with E-state index in [0.29, 0.717) is 27.9 Å². The second-order valence-corrected chi connectivity index (χ2v) is 5.82. The molecule has 0 fully saturated rings. The molecule has 1 N–H and O–H groups in total. The van der Waals surface area contributed by atoms with Crippen LogP contribution in [0.3, 0.4) is 0 Å². The van der Waals surface area contributed by atoms with Crippen molar-refractivity contribution in [1.82, 2.24) is 9.97 Å². The lowest BCUT2D eigenvalue weighted by atomic mass is 10.1. The Kier molecular flexibility index (Phi) is 4.95. The van der Waals surface area contributed by atoms with E-state index in [-0.39, 0.29) is 0 Å². The molecule has 0 aliphatic carbocycles. The zero-order valence-electron chi connectivity index (χ0n) is 13.8. The monoisotopic (exact) mass is 353 g/mol. The number of nitrogens with one attached hydrogen (secondary N) is 1. The summed E-state index contributed by atoms with van der Waals surface area (Å²) in [4.78, 5) is 20.9. The Balaban J connectivity index is 1.97. The largest absolute Gasteiger partial charge is 0.465 e. The summed E-state index contributed by atoms with van der Waals surface area (Å²) in [6.45, 7) is 1.89. The van der Waals surface area contributed by atoms with Gasteiger partial charge in [0.15, 0.2) is 5.82 Å². The quantitative estimate of drug-likeness (QED) is 0.692. The molecule has 126 valence electrons. The van der Waals surface area contributed by atoms with Crippen molar-refractivity contribution in [2.24, 2.45) is 0 Å². The number of carbonyl (C=O) groups is 1. The van der Waals surface area contributed by atoms with Crippen LogP contribution in [0.15, 0.2) is 54.6 Å². The van der Waals surface area contributed by atoms with Gasteiger partial charge in [0.2, 0.25) is 0 Å². The van der Waals surface area contributed by atoms with Crippen LogP contribution >= 0.6 is 11.6 Å². The topological polar surface area (TPSA) is 64.1 Å². The number of benzene rings is 2. The molecule has 0 aliphatic rings. The Bertz CT molecular complexity index is 911. The zero-order valence-corrected chi connectivity index (χ0v) is 14.5. The average Bonchev–Trinajstić information content (AvgIpc) is 2.61. The molecule has 3 rings (SSSR count). The first-order valence-corrected chi connectivity index (χ1v) is 8.00. The fourth-order valence-corrected chi connectivity index (χ4v) is 2.50. The van der Waals surface area contributed by atoms with Crippen LogP contribution in [0.2, 0.25) is 5.02 Å². The molecule has 0 atom stereocenters. The SMILES string of the molecule is COC(=O)c1ccccc1Nc1cc(C)nc(-c2ccc(Cl)cc2)n1. The number of hydrogen-bond donors (Lipinski definition) is 1. The van der Waals surface area contributed by atoms with Crippen LogP contribution in [-0.2, 0) is 4.74 Å². The molecule has 0 aliphatic heterocycles. The van der Waals surface area contributed by atoms with E-state index in [0.717, 1.165) is 11.3 Å². The molecule has 0 unspecified atom stereocenters. The van der Waals surface area contributed by atoms with E-state index in [4.69, 9.17) is 16.3 Å². The molecule has 6 heteroatoms. The molecule has 2 aromatic carbocycles. The standard InChI is InChI=1S/C19H16ClN3O2/c1-12-11-17(22-16-6-4-3-5-15(16)19(24)25-2)23-18(21-12)13-7-9-14(20)10-8-13/h3-11H,1-2H3,(H,21,22,23). The fraction of sp³-hybridized carbons (Fsp3) is 0.105. The number of aromatic nitrogens is 2. The van der Waals surface area contributed by atoms with Crippen molar-refractivity contribution in [3.05, 3.63) is 70.9 Å². The molecule has 0 saturated heterocycles. The second kappa shape index (κ2) is 7.32. The maximum Gasteiger partial charge on any atom is 0.339 e. The van der Waals surface area contributed by atoms with Gasteiger partial charge in [-0.15, -0.1) is 0 Å². The van der Waals surface area contributed by atoms with E-state index in [9.17, 15) is 4.79 Å². The predicted molar refractivity (Wildman–Crippen MR) is 98.3 cm³/mol. The minimum absolute atomic E-state index is 0.410. The van der Waals surface area contributed by atoms with Crippen LogP contribution in [-0.4, -0.2) is 23.0 Å².